The summed E-state index contributed by atoms with van der Waals surface area (Å²) in [4.78, 5) is 11.3. The van der Waals surface area contributed by atoms with Crippen LogP contribution in [0.4, 0.5) is 4.39 Å². The van der Waals surface area contributed by atoms with Crippen LogP contribution in [0.1, 0.15) is 56.6 Å². The van der Waals surface area contributed by atoms with Crippen LogP contribution in [0.3, 0.4) is 0 Å². The van der Waals surface area contributed by atoms with Crippen molar-refractivity contribution in [2.24, 2.45) is 0 Å². The van der Waals surface area contributed by atoms with Gasteiger partial charge in [0.25, 0.3) is 0 Å². The molecule has 0 bridgehead atoms. The van der Waals surface area contributed by atoms with Gasteiger partial charge in [-0.05, 0) is 42.7 Å². The van der Waals surface area contributed by atoms with Crippen molar-refractivity contribution in [2.75, 3.05) is 7.11 Å². The molecule has 0 saturated carbocycles. The van der Waals surface area contributed by atoms with Gasteiger partial charge in [0.15, 0.2) is 0 Å². The first kappa shape index (κ1) is 23.0. The maximum absolute atomic E-state index is 13.3. The Bertz CT molecular complexity index is 854. The molecule has 7 heteroatoms. The fraction of sp³-hybridized carbons (Fsp3) is 0.409. The molecule has 1 N–H and O–H groups in total. The van der Waals surface area contributed by atoms with E-state index in [2.05, 4.69) is 9.46 Å². The lowest BCUT2D eigenvalue weighted by Crippen LogP contribution is -2.28. The Labute approximate surface area is 172 Å². The van der Waals surface area contributed by atoms with Gasteiger partial charge in [-0.25, -0.2) is 17.5 Å². The van der Waals surface area contributed by atoms with Crippen LogP contribution in [-0.2, 0) is 19.6 Å². The first-order chi connectivity index (χ1) is 13.9. The van der Waals surface area contributed by atoms with Crippen LogP contribution in [0, 0.1) is 5.82 Å². The maximum atomic E-state index is 13.3. The first-order valence-corrected chi connectivity index (χ1v) is 11.3. The number of esters is 1. The Morgan fingerprint density at radius 2 is 1.59 bits per heavy atom. The smallest absolute Gasteiger partial charge is 0.305 e. The van der Waals surface area contributed by atoms with Gasteiger partial charge < -0.3 is 4.74 Å². The minimum atomic E-state index is -3.68. The zero-order valence-corrected chi connectivity index (χ0v) is 17.5. The highest BCUT2D eigenvalue weighted by Crippen LogP contribution is 2.24. The van der Waals surface area contributed by atoms with Gasteiger partial charge in [0, 0.05) is 12.5 Å². The monoisotopic (exact) mass is 421 g/mol. The summed E-state index contributed by atoms with van der Waals surface area (Å²) in [7, 11) is -2.29. The summed E-state index contributed by atoms with van der Waals surface area (Å²) < 4.78 is 46.1. The second kappa shape index (κ2) is 11.7. The highest BCUT2D eigenvalue weighted by Gasteiger charge is 2.21. The summed E-state index contributed by atoms with van der Waals surface area (Å²) in [6, 6.07) is 13.7. The lowest BCUT2D eigenvalue weighted by atomic mass is 10.0. The molecule has 2 rings (SSSR count). The molecule has 158 valence electrons. The molecule has 0 fully saturated rings. The van der Waals surface area contributed by atoms with Crippen LogP contribution in [0.25, 0.3) is 0 Å². The zero-order valence-electron chi connectivity index (χ0n) is 16.6. The van der Waals surface area contributed by atoms with E-state index in [1.807, 2.05) is 0 Å². The Kier molecular flexibility index (Phi) is 9.28. The van der Waals surface area contributed by atoms with Crippen molar-refractivity contribution in [3.8, 4) is 0 Å². The molecule has 0 heterocycles. The van der Waals surface area contributed by atoms with Crippen molar-refractivity contribution >= 4 is 16.0 Å². The number of halogens is 1. The average Bonchev–Trinajstić information content (AvgIpc) is 2.73. The van der Waals surface area contributed by atoms with Gasteiger partial charge in [0.05, 0.1) is 12.0 Å². The predicted molar refractivity (Wildman–Crippen MR) is 110 cm³/mol. The molecule has 0 radical (unpaired) electrons. The van der Waals surface area contributed by atoms with E-state index in [4.69, 9.17) is 0 Å². The molecule has 0 aromatic heterocycles. The number of benzene rings is 2. The molecule has 0 aliphatic rings. The van der Waals surface area contributed by atoms with Crippen molar-refractivity contribution in [2.45, 2.75) is 55.9 Å². The molecular weight excluding hydrogens is 393 g/mol. The van der Waals surface area contributed by atoms with Gasteiger partial charge in [-0.15, -0.1) is 0 Å². The van der Waals surface area contributed by atoms with Crippen molar-refractivity contribution in [1.29, 1.82) is 0 Å². The summed E-state index contributed by atoms with van der Waals surface area (Å²) in [5.41, 5.74) is 0.733. The number of sulfonamides is 1. The summed E-state index contributed by atoms with van der Waals surface area (Å²) in [6.07, 6.45) is 5.43. The minimum absolute atomic E-state index is 0.198. The van der Waals surface area contributed by atoms with Crippen LogP contribution in [-0.4, -0.2) is 21.5 Å². The number of nitrogens with one attached hydrogen (secondary N) is 1. The summed E-state index contributed by atoms with van der Waals surface area (Å²) in [5.74, 6) is -0.555. The SMILES string of the molecule is COC(=O)CCCCCCCC(NS(=O)(=O)c1ccccc1)c1ccc(F)cc1. The van der Waals surface area contributed by atoms with Crippen LogP contribution in [0.2, 0.25) is 0 Å². The van der Waals surface area contributed by atoms with E-state index >= 15 is 0 Å². The molecule has 0 aliphatic heterocycles. The second-order valence-electron chi connectivity index (χ2n) is 6.92. The second-order valence-corrected chi connectivity index (χ2v) is 8.64. The molecule has 1 atom stereocenters. The van der Waals surface area contributed by atoms with E-state index in [1.54, 1.807) is 42.5 Å². The van der Waals surface area contributed by atoms with Gasteiger partial charge in [0.1, 0.15) is 5.82 Å². The molecule has 0 spiro atoms. The fourth-order valence-electron chi connectivity index (χ4n) is 3.09. The lowest BCUT2D eigenvalue weighted by molar-refractivity contribution is -0.140. The fourth-order valence-corrected chi connectivity index (χ4v) is 4.37. The Balaban J connectivity index is 1.94. The van der Waals surface area contributed by atoms with Crippen molar-refractivity contribution in [3.05, 3.63) is 66.0 Å². The van der Waals surface area contributed by atoms with Gasteiger partial charge >= 0.3 is 5.97 Å². The Morgan fingerprint density at radius 1 is 0.966 bits per heavy atom. The normalized spacial score (nSPS) is 12.5. The van der Waals surface area contributed by atoms with E-state index in [-0.39, 0.29) is 16.7 Å². The predicted octanol–water partition coefficient (Wildman–Crippen LogP) is 4.75. The van der Waals surface area contributed by atoms with Gasteiger partial charge in [-0.2, -0.15) is 0 Å². The summed E-state index contributed by atoms with van der Waals surface area (Å²) in [6.45, 7) is 0. The highest BCUT2D eigenvalue weighted by atomic mass is 32.2. The molecule has 5 nitrogen and oxygen atoms in total. The van der Waals surface area contributed by atoms with Crippen molar-refractivity contribution in [1.82, 2.24) is 4.72 Å². The lowest BCUT2D eigenvalue weighted by Gasteiger charge is -2.19. The van der Waals surface area contributed by atoms with Crippen LogP contribution in [0.15, 0.2) is 59.5 Å². The standard InChI is InChI=1S/C22H28FNO4S/c1-28-22(25)13-9-4-2-3-8-12-21(18-14-16-19(23)17-15-18)24-29(26,27)20-10-6-5-7-11-20/h5-7,10-11,14-17,21,24H,2-4,8-9,12-13H2,1H3. The minimum Gasteiger partial charge on any atom is -0.469 e. The van der Waals surface area contributed by atoms with E-state index in [0.717, 1.165) is 37.7 Å². The van der Waals surface area contributed by atoms with E-state index in [9.17, 15) is 17.6 Å². The number of carbonyl (C=O) groups excluding carboxylic acids is 1. The Hall–Kier alpha value is -2.25. The zero-order chi connectivity index (χ0) is 21.1. The molecule has 2 aromatic rings. The number of methoxy groups -OCH3 is 1. The third kappa shape index (κ3) is 7.95. The third-order valence-electron chi connectivity index (χ3n) is 4.72. The van der Waals surface area contributed by atoms with Gasteiger partial charge in [0.2, 0.25) is 10.0 Å². The summed E-state index contributed by atoms with van der Waals surface area (Å²) >= 11 is 0. The number of rotatable bonds is 12. The first-order valence-electron chi connectivity index (χ1n) is 9.82. The number of hydrogen-bond donors (Lipinski definition) is 1. The largest absolute Gasteiger partial charge is 0.469 e. The summed E-state index contributed by atoms with van der Waals surface area (Å²) in [5, 5.41) is 0. The molecule has 1 unspecified atom stereocenters. The average molecular weight is 422 g/mol. The van der Waals surface area contributed by atoms with Crippen LogP contribution in [0.5, 0.6) is 0 Å². The molecule has 2 aromatic carbocycles. The van der Waals surface area contributed by atoms with Crippen molar-refractivity contribution < 1.29 is 22.3 Å². The molecule has 0 aliphatic carbocycles. The quantitative estimate of drug-likeness (QED) is 0.397. The maximum Gasteiger partial charge on any atom is 0.305 e. The highest BCUT2D eigenvalue weighted by molar-refractivity contribution is 7.89. The number of carbonyl (C=O) groups is 1. The van der Waals surface area contributed by atoms with Crippen LogP contribution < -0.4 is 4.72 Å². The van der Waals surface area contributed by atoms with Gasteiger partial charge in [-0.1, -0.05) is 56.0 Å². The molecule has 0 saturated heterocycles. The molecular formula is C22H28FNO4S. The van der Waals surface area contributed by atoms with E-state index < -0.39 is 16.1 Å². The Morgan fingerprint density at radius 3 is 2.24 bits per heavy atom. The molecule has 29 heavy (non-hydrogen) atoms. The number of hydrogen-bond acceptors (Lipinski definition) is 4. The van der Waals surface area contributed by atoms with Crippen LogP contribution >= 0.6 is 0 Å². The topological polar surface area (TPSA) is 72.5 Å². The number of unbranched alkanes of at least 4 members (excludes halogenated alkanes) is 4. The molecule has 0 amide bonds. The third-order valence-corrected chi connectivity index (χ3v) is 6.21. The van der Waals surface area contributed by atoms with Gasteiger partial charge in [-0.3, -0.25) is 4.79 Å². The van der Waals surface area contributed by atoms with Crippen molar-refractivity contribution in [3.63, 3.8) is 0 Å². The van der Waals surface area contributed by atoms with E-state index in [1.165, 1.54) is 19.2 Å². The van der Waals surface area contributed by atoms with E-state index in [0.29, 0.717) is 12.8 Å². The number of ether oxygens (including phenoxy) is 1.